The molecule has 1 aromatic rings. The normalized spacial score (nSPS) is 11.3. The summed E-state index contributed by atoms with van der Waals surface area (Å²) in [7, 11) is 0. The molecule has 17 heavy (non-hydrogen) atoms. The van der Waals surface area contributed by atoms with Crippen LogP contribution in [-0.4, -0.2) is 23.7 Å². The highest BCUT2D eigenvalue weighted by atomic mass is 16.4. The first-order valence-corrected chi connectivity index (χ1v) is 5.08. The Morgan fingerprint density at radius 3 is 2.53 bits per heavy atom. The van der Waals surface area contributed by atoms with Gasteiger partial charge in [-0.15, -0.1) is 6.58 Å². The zero-order chi connectivity index (χ0) is 12.7. The number of benzene rings is 1. The van der Waals surface area contributed by atoms with E-state index in [1.165, 1.54) is 6.08 Å². The summed E-state index contributed by atoms with van der Waals surface area (Å²) in [6.45, 7) is 3.73. The van der Waals surface area contributed by atoms with E-state index < -0.39 is 18.0 Å². The summed E-state index contributed by atoms with van der Waals surface area (Å²) in [5.41, 5.74) is 0.522. The number of carbonyl (C=O) groups is 2. The lowest BCUT2D eigenvalue weighted by atomic mass is 10.1. The van der Waals surface area contributed by atoms with Gasteiger partial charge in [0.1, 0.15) is 0 Å². The Balaban J connectivity index is 2.71. The Kier molecular flexibility index (Phi) is 4.75. The number of aliphatic carboxylic acids is 1. The van der Waals surface area contributed by atoms with Crippen LogP contribution < -0.4 is 10.6 Å². The maximum atomic E-state index is 11.4. The lowest BCUT2D eigenvalue weighted by Gasteiger charge is -2.14. The fourth-order valence-electron chi connectivity index (χ4n) is 1.28. The molecule has 0 radical (unpaired) electrons. The highest BCUT2D eigenvalue weighted by Crippen LogP contribution is 2.12. The molecular weight excluding hydrogens is 220 g/mol. The standard InChI is InChI=1S/C12H14N2O3/c1-2-8-13-12(17)14-10(11(15)16)9-6-4-3-5-7-9/h2-7,10H,1,8H2,(H,15,16)(H2,13,14,17)/t10-/m1/s1. The van der Waals surface area contributed by atoms with Crippen molar-refractivity contribution in [2.24, 2.45) is 0 Å². The first-order chi connectivity index (χ1) is 8.15. The van der Waals surface area contributed by atoms with Gasteiger partial charge in [-0.1, -0.05) is 36.4 Å². The van der Waals surface area contributed by atoms with Crippen LogP contribution in [0.5, 0.6) is 0 Å². The number of nitrogens with one attached hydrogen (secondary N) is 2. The van der Waals surface area contributed by atoms with Crippen molar-refractivity contribution in [1.29, 1.82) is 0 Å². The molecule has 90 valence electrons. The van der Waals surface area contributed by atoms with Gasteiger partial charge in [-0.25, -0.2) is 9.59 Å². The van der Waals surface area contributed by atoms with E-state index in [0.29, 0.717) is 5.56 Å². The van der Waals surface area contributed by atoms with Gasteiger partial charge in [0.25, 0.3) is 0 Å². The Labute approximate surface area is 99.1 Å². The fraction of sp³-hybridized carbons (Fsp3) is 0.167. The maximum absolute atomic E-state index is 11.4. The zero-order valence-corrected chi connectivity index (χ0v) is 9.22. The highest BCUT2D eigenvalue weighted by molar-refractivity contribution is 5.83. The van der Waals surface area contributed by atoms with Crippen LogP contribution in [0.15, 0.2) is 43.0 Å². The van der Waals surface area contributed by atoms with E-state index in [2.05, 4.69) is 17.2 Å². The molecule has 5 nitrogen and oxygen atoms in total. The van der Waals surface area contributed by atoms with E-state index in [9.17, 15) is 9.59 Å². The van der Waals surface area contributed by atoms with Crippen molar-refractivity contribution < 1.29 is 14.7 Å². The van der Waals surface area contributed by atoms with Gasteiger partial charge in [0.05, 0.1) is 0 Å². The van der Waals surface area contributed by atoms with Crippen LogP contribution in [0.25, 0.3) is 0 Å². The third-order valence-corrected chi connectivity index (χ3v) is 2.06. The average molecular weight is 234 g/mol. The zero-order valence-electron chi connectivity index (χ0n) is 9.22. The van der Waals surface area contributed by atoms with Gasteiger partial charge in [-0.05, 0) is 5.56 Å². The van der Waals surface area contributed by atoms with E-state index >= 15 is 0 Å². The largest absolute Gasteiger partial charge is 0.479 e. The number of amides is 2. The van der Waals surface area contributed by atoms with E-state index in [0.717, 1.165) is 0 Å². The molecule has 0 aliphatic heterocycles. The van der Waals surface area contributed by atoms with Crippen molar-refractivity contribution in [3.63, 3.8) is 0 Å². The molecule has 0 aliphatic rings. The molecule has 2 amide bonds. The summed E-state index contributed by atoms with van der Waals surface area (Å²) in [4.78, 5) is 22.4. The molecule has 0 unspecified atom stereocenters. The number of rotatable bonds is 5. The summed E-state index contributed by atoms with van der Waals surface area (Å²) in [6.07, 6.45) is 1.51. The number of hydrogen-bond acceptors (Lipinski definition) is 2. The van der Waals surface area contributed by atoms with E-state index in [1.54, 1.807) is 30.3 Å². The average Bonchev–Trinajstić information content (AvgIpc) is 2.34. The molecule has 1 atom stereocenters. The molecule has 0 spiro atoms. The molecular formula is C12H14N2O3. The fourth-order valence-corrected chi connectivity index (χ4v) is 1.28. The second-order valence-electron chi connectivity index (χ2n) is 3.32. The smallest absolute Gasteiger partial charge is 0.330 e. The molecule has 0 heterocycles. The molecule has 0 bridgehead atoms. The van der Waals surface area contributed by atoms with Crippen molar-refractivity contribution >= 4 is 12.0 Å². The van der Waals surface area contributed by atoms with E-state index in [-0.39, 0.29) is 6.54 Å². The SMILES string of the molecule is C=CCNC(=O)N[C@@H](C(=O)O)c1ccccc1. The van der Waals surface area contributed by atoms with Crippen molar-refractivity contribution in [2.75, 3.05) is 6.54 Å². The lowest BCUT2D eigenvalue weighted by Crippen LogP contribution is -2.40. The molecule has 1 aromatic carbocycles. The predicted octanol–water partition coefficient (Wildman–Crippen LogP) is 1.30. The summed E-state index contributed by atoms with van der Waals surface area (Å²) in [5, 5.41) is 13.9. The molecule has 1 rings (SSSR count). The topological polar surface area (TPSA) is 78.4 Å². The molecule has 0 aromatic heterocycles. The molecule has 0 saturated heterocycles. The minimum Gasteiger partial charge on any atom is -0.479 e. The van der Waals surface area contributed by atoms with E-state index in [1.807, 2.05) is 0 Å². The van der Waals surface area contributed by atoms with Gasteiger partial charge >= 0.3 is 12.0 Å². The van der Waals surface area contributed by atoms with Gasteiger partial charge in [-0.2, -0.15) is 0 Å². The Hall–Kier alpha value is -2.30. The third-order valence-electron chi connectivity index (χ3n) is 2.06. The summed E-state index contributed by atoms with van der Waals surface area (Å²) < 4.78 is 0. The molecule has 3 N–H and O–H groups in total. The second-order valence-corrected chi connectivity index (χ2v) is 3.32. The number of carbonyl (C=O) groups excluding carboxylic acids is 1. The summed E-state index contributed by atoms with van der Waals surface area (Å²) in [6, 6.07) is 6.91. The minimum absolute atomic E-state index is 0.285. The van der Waals surface area contributed by atoms with Crippen molar-refractivity contribution in [3.05, 3.63) is 48.6 Å². The third kappa shape index (κ3) is 3.98. The molecule has 0 saturated carbocycles. The first kappa shape index (κ1) is 12.8. The Morgan fingerprint density at radius 2 is 2.00 bits per heavy atom. The van der Waals surface area contributed by atoms with Gasteiger partial charge < -0.3 is 15.7 Å². The number of hydrogen-bond donors (Lipinski definition) is 3. The number of carboxylic acid groups (broad SMARTS) is 1. The van der Waals surface area contributed by atoms with Gasteiger partial charge in [0.15, 0.2) is 6.04 Å². The van der Waals surface area contributed by atoms with Crippen LogP contribution in [0.4, 0.5) is 4.79 Å². The minimum atomic E-state index is -1.11. The van der Waals surface area contributed by atoms with Gasteiger partial charge in [0.2, 0.25) is 0 Å². The van der Waals surface area contributed by atoms with Gasteiger partial charge in [-0.3, -0.25) is 0 Å². The molecule has 0 fully saturated rings. The van der Waals surface area contributed by atoms with Crippen molar-refractivity contribution in [3.8, 4) is 0 Å². The Bertz CT molecular complexity index is 403. The second kappa shape index (κ2) is 6.32. The van der Waals surface area contributed by atoms with Crippen LogP contribution in [0, 0.1) is 0 Å². The van der Waals surface area contributed by atoms with Crippen LogP contribution in [-0.2, 0) is 4.79 Å². The van der Waals surface area contributed by atoms with Crippen LogP contribution in [0.2, 0.25) is 0 Å². The lowest BCUT2D eigenvalue weighted by molar-refractivity contribution is -0.139. The number of carboxylic acids is 1. The number of urea groups is 1. The van der Waals surface area contributed by atoms with Crippen LogP contribution >= 0.6 is 0 Å². The van der Waals surface area contributed by atoms with Gasteiger partial charge in [0, 0.05) is 6.54 Å². The first-order valence-electron chi connectivity index (χ1n) is 5.08. The summed E-state index contributed by atoms with van der Waals surface area (Å²) >= 11 is 0. The molecule has 5 heteroatoms. The Morgan fingerprint density at radius 1 is 1.35 bits per heavy atom. The predicted molar refractivity (Wildman–Crippen MR) is 63.6 cm³/mol. The maximum Gasteiger partial charge on any atom is 0.330 e. The van der Waals surface area contributed by atoms with Crippen molar-refractivity contribution in [2.45, 2.75) is 6.04 Å². The van der Waals surface area contributed by atoms with Crippen LogP contribution in [0.3, 0.4) is 0 Å². The summed E-state index contributed by atoms with van der Waals surface area (Å²) in [5.74, 6) is -1.11. The van der Waals surface area contributed by atoms with E-state index in [4.69, 9.17) is 5.11 Å². The highest BCUT2D eigenvalue weighted by Gasteiger charge is 2.21. The van der Waals surface area contributed by atoms with Crippen molar-refractivity contribution in [1.82, 2.24) is 10.6 Å². The monoisotopic (exact) mass is 234 g/mol. The quantitative estimate of drug-likeness (QED) is 0.672. The van der Waals surface area contributed by atoms with Crippen LogP contribution in [0.1, 0.15) is 11.6 Å². The molecule has 0 aliphatic carbocycles.